The zero-order chi connectivity index (χ0) is 27.9. The highest BCUT2D eigenvalue weighted by molar-refractivity contribution is 7.92. The Balaban J connectivity index is 1.76. The van der Waals surface area contributed by atoms with Gasteiger partial charge in [-0.1, -0.05) is 30.3 Å². The molecule has 0 spiro atoms. The molecular weight excluding hydrogens is 510 g/mol. The summed E-state index contributed by atoms with van der Waals surface area (Å²) >= 11 is 0. The van der Waals surface area contributed by atoms with Crippen LogP contribution in [0.4, 0.5) is 16.2 Å². The van der Waals surface area contributed by atoms with Crippen LogP contribution in [0.3, 0.4) is 0 Å². The average molecular weight is 542 g/mol. The summed E-state index contributed by atoms with van der Waals surface area (Å²) in [6, 6.07) is 17.5. The van der Waals surface area contributed by atoms with E-state index < -0.39 is 27.7 Å². The Morgan fingerprint density at radius 2 is 1.63 bits per heavy atom. The van der Waals surface area contributed by atoms with Crippen molar-refractivity contribution in [3.63, 3.8) is 0 Å². The van der Waals surface area contributed by atoms with Crippen LogP contribution in [0.2, 0.25) is 0 Å². The van der Waals surface area contributed by atoms with E-state index in [1.54, 1.807) is 69.3 Å². The molecule has 0 saturated heterocycles. The van der Waals surface area contributed by atoms with Crippen LogP contribution in [0.25, 0.3) is 11.1 Å². The Hall–Kier alpha value is -4.25. The van der Waals surface area contributed by atoms with Gasteiger partial charge in [-0.15, -0.1) is 0 Å². The number of hydrogen-bond acceptors (Lipinski definition) is 7. The number of amides is 1. The van der Waals surface area contributed by atoms with Crippen LogP contribution >= 0.6 is 0 Å². The quantitative estimate of drug-likeness (QED) is 0.268. The number of nitrogens with one attached hydrogen (secondary N) is 3. The number of hydrogen-bond donors (Lipinski definition) is 4. The first kappa shape index (κ1) is 28.3. The molecule has 38 heavy (non-hydrogen) atoms. The van der Waals surface area contributed by atoms with Crippen molar-refractivity contribution in [3.8, 4) is 16.9 Å². The third-order valence-electron chi connectivity index (χ3n) is 5.16. The van der Waals surface area contributed by atoms with Crippen LogP contribution in [0.5, 0.6) is 5.75 Å². The minimum Gasteiger partial charge on any atom is -0.495 e. The molecule has 0 saturated carbocycles. The summed E-state index contributed by atoms with van der Waals surface area (Å²) in [6.07, 6.45) is -0.525. The highest BCUT2D eigenvalue weighted by Gasteiger charge is 2.22. The van der Waals surface area contributed by atoms with Gasteiger partial charge >= 0.3 is 12.1 Å². The fraction of sp³-hybridized carbons (Fsp3) is 0.259. The highest BCUT2D eigenvalue weighted by Crippen LogP contribution is 2.33. The zero-order valence-electron chi connectivity index (χ0n) is 21.6. The van der Waals surface area contributed by atoms with E-state index in [4.69, 9.17) is 9.47 Å². The van der Waals surface area contributed by atoms with E-state index in [0.29, 0.717) is 35.6 Å². The number of carboxylic acid groups (broad SMARTS) is 1. The number of carbonyl (C=O) groups excluding carboxylic acids is 1. The minimum atomic E-state index is -4.11. The Labute approximate surface area is 222 Å². The number of carboxylic acids is 1. The van der Waals surface area contributed by atoms with E-state index in [-0.39, 0.29) is 16.2 Å². The molecule has 0 aliphatic heterocycles. The predicted octanol–water partition coefficient (Wildman–Crippen LogP) is 4.80. The van der Waals surface area contributed by atoms with Crippen molar-refractivity contribution >= 4 is 33.5 Å². The zero-order valence-corrected chi connectivity index (χ0v) is 22.4. The van der Waals surface area contributed by atoms with E-state index in [2.05, 4.69) is 15.4 Å². The maximum absolute atomic E-state index is 13.4. The fourth-order valence-electron chi connectivity index (χ4n) is 3.56. The summed E-state index contributed by atoms with van der Waals surface area (Å²) in [7, 11) is -2.76. The van der Waals surface area contributed by atoms with Crippen LogP contribution in [0.15, 0.2) is 71.6 Å². The molecule has 11 heteroatoms. The maximum Gasteiger partial charge on any atom is 0.407 e. The van der Waals surface area contributed by atoms with Crippen LogP contribution in [-0.4, -0.2) is 51.4 Å². The number of anilines is 2. The molecule has 0 fully saturated rings. The van der Waals surface area contributed by atoms with Crippen molar-refractivity contribution in [3.05, 3.63) is 72.3 Å². The van der Waals surface area contributed by atoms with Gasteiger partial charge in [0.15, 0.2) is 0 Å². The van der Waals surface area contributed by atoms with Crippen LogP contribution < -0.4 is 20.1 Å². The van der Waals surface area contributed by atoms with E-state index in [1.807, 2.05) is 0 Å². The van der Waals surface area contributed by atoms with Gasteiger partial charge in [0.05, 0.1) is 18.4 Å². The number of aromatic carboxylic acids is 1. The summed E-state index contributed by atoms with van der Waals surface area (Å²) < 4.78 is 39.7. The summed E-state index contributed by atoms with van der Waals surface area (Å²) in [4.78, 5) is 23.3. The second-order valence-corrected chi connectivity index (χ2v) is 10.9. The van der Waals surface area contributed by atoms with E-state index in [9.17, 15) is 23.1 Å². The SMILES string of the molecule is COc1ccc(-c2ccccc2C(=O)O)cc1S(=O)(=O)Nc1cccc(NCCNC(=O)OC(C)(C)C)c1. The molecule has 1 amide bonds. The minimum absolute atomic E-state index is 0.0499. The van der Waals surface area contributed by atoms with Gasteiger partial charge in [0.25, 0.3) is 10.0 Å². The van der Waals surface area contributed by atoms with Crippen LogP contribution in [0, 0.1) is 0 Å². The number of sulfonamides is 1. The lowest BCUT2D eigenvalue weighted by molar-refractivity contribution is 0.0529. The topological polar surface area (TPSA) is 143 Å². The third kappa shape index (κ3) is 7.62. The van der Waals surface area contributed by atoms with Gasteiger partial charge in [0.2, 0.25) is 0 Å². The molecule has 3 rings (SSSR count). The average Bonchev–Trinajstić information content (AvgIpc) is 2.85. The lowest BCUT2D eigenvalue weighted by Gasteiger charge is -2.19. The molecule has 202 valence electrons. The molecular formula is C27H31N3O7S. The first-order chi connectivity index (χ1) is 17.9. The maximum atomic E-state index is 13.4. The van der Waals surface area contributed by atoms with Crippen molar-refractivity contribution in [1.29, 1.82) is 0 Å². The monoisotopic (exact) mass is 541 g/mol. The molecule has 3 aromatic rings. The van der Waals surface area contributed by atoms with Gasteiger partial charge in [-0.05, 0) is 68.3 Å². The second kappa shape index (κ2) is 11.9. The Morgan fingerprint density at radius 3 is 2.32 bits per heavy atom. The van der Waals surface area contributed by atoms with E-state index >= 15 is 0 Å². The molecule has 3 aromatic carbocycles. The Bertz CT molecular complexity index is 1420. The smallest absolute Gasteiger partial charge is 0.407 e. The summed E-state index contributed by atoms with van der Waals surface area (Å²) in [5.41, 5.74) is 1.18. The van der Waals surface area contributed by atoms with Crippen LogP contribution in [-0.2, 0) is 14.8 Å². The van der Waals surface area contributed by atoms with E-state index in [1.165, 1.54) is 25.3 Å². The number of rotatable bonds is 10. The first-order valence-corrected chi connectivity index (χ1v) is 13.2. The van der Waals surface area contributed by atoms with Crippen molar-refractivity contribution in [2.45, 2.75) is 31.3 Å². The normalized spacial score (nSPS) is 11.4. The summed E-state index contributed by atoms with van der Waals surface area (Å²) in [5.74, 6) is -1.01. The molecule has 4 N–H and O–H groups in total. The lowest BCUT2D eigenvalue weighted by atomic mass is 10.00. The molecule has 0 radical (unpaired) electrons. The van der Waals surface area contributed by atoms with Gasteiger partial charge in [-0.25, -0.2) is 18.0 Å². The van der Waals surface area contributed by atoms with Gasteiger partial charge in [0.1, 0.15) is 16.2 Å². The lowest BCUT2D eigenvalue weighted by Crippen LogP contribution is -2.34. The first-order valence-electron chi connectivity index (χ1n) is 11.7. The predicted molar refractivity (Wildman–Crippen MR) is 145 cm³/mol. The Kier molecular flexibility index (Phi) is 8.84. The van der Waals surface area contributed by atoms with Crippen molar-refractivity contribution in [2.75, 3.05) is 30.2 Å². The van der Waals surface area contributed by atoms with Gasteiger partial charge in [-0.3, -0.25) is 4.72 Å². The molecule has 0 aromatic heterocycles. The molecule has 0 heterocycles. The van der Waals surface area contributed by atoms with Crippen molar-refractivity contribution in [2.24, 2.45) is 0 Å². The number of carbonyl (C=O) groups is 2. The van der Waals surface area contributed by atoms with Gasteiger partial charge in [-0.2, -0.15) is 0 Å². The molecule has 10 nitrogen and oxygen atoms in total. The van der Waals surface area contributed by atoms with E-state index in [0.717, 1.165) is 0 Å². The molecule has 0 bridgehead atoms. The highest BCUT2D eigenvalue weighted by atomic mass is 32.2. The molecule has 0 aliphatic carbocycles. The molecule has 0 atom stereocenters. The number of alkyl carbamates (subject to hydrolysis) is 1. The second-order valence-electron chi connectivity index (χ2n) is 9.26. The summed E-state index contributed by atoms with van der Waals surface area (Å²) in [5, 5.41) is 15.3. The molecule has 0 unspecified atom stereocenters. The standard InChI is InChI=1S/C27H31N3O7S/c1-27(2,3)37-26(33)29-15-14-28-19-8-7-9-20(17-19)30-38(34,35)24-16-18(12-13-23(24)36-4)21-10-5-6-11-22(21)25(31)32/h5-13,16-17,28,30H,14-15H2,1-4H3,(H,29,33)(H,31,32). The summed E-state index contributed by atoms with van der Waals surface area (Å²) in [6.45, 7) is 6.01. The van der Waals surface area contributed by atoms with Gasteiger partial charge < -0.3 is 25.2 Å². The van der Waals surface area contributed by atoms with Crippen LogP contribution in [0.1, 0.15) is 31.1 Å². The Morgan fingerprint density at radius 1 is 0.921 bits per heavy atom. The third-order valence-corrected chi connectivity index (χ3v) is 6.56. The largest absolute Gasteiger partial charge is 0.495 e. The molecule has 0 aliphatic rings. The van der Waals surface area contributed by atoms with Crippen molar-refractivity contribution < 1.29 is 32.6 Å². The number of ether oxygens (including phenoxy) is 2. The van der Waals surface area contributed by atoms with Gasteiger partial charge in [0, 0.05) is 18.8 Å². The fourth-order valence-corrected chi connectivity index (χ4v) is 4.81. The number of benzene rings is 3. The van der Waals surface area contributed by atoms with Crippen molar-refractivity contribution in [1.82, 2.24) is 5.32 Å². The number of methoxy groups -OCH3 is 1.